The molecule has 1 N–H and O–H groups in total. The Bertz CT molecular complexity index is 341. The number of amides is 1. The lowest BCUT2D eigenvalue weighted by atomic mass is 9.72. The second-order valence-electron chi connectivity index (χ2n) is 5.45. The van der Waals surface area contributed by atoms with Crippen molar-refractivity contribution in [2.75, 3.05) is 6.54 Å². The molecular weight excluding hydrogens is 206 g/mol. The molecule has 1 aliphatic heterocycles. The van der Waals surface area contributed by atoms with Gasteiger partial charge in [-0.15, -0.1) is 0 Å². The Hall–Kier alpha value is -1.06. The maximum atomic E-state index is 12.2. The first kappa shape index (κ1) is 10.1. The molecule has 2 saturated carbocycles. The lowest BCUT2D eigenvalue weighted by molar-refractivity contribution is -0.157. The van der Waals surface area contributed by atoms with Crippen molar-refractivity contribution < 1.29 is 14.7 Å². The number of nitrogens with zero attached hydrogens (tertiary/aromatic N) is 1. The molecule has 16 heavy (non-hydrogen) atoms. The number of hydrogen-bond donors (Lipinski definition) is 1. The highest BCUT2D eigenvalue weighted by atomic mass is 16.4. The molecule has 1 heterocycles. The van der Waals surface area contributed by atoms with E-state index in [2.05, 4.69) is 0 Å². The van der Waals surface area contributed by atoms with E-state index in [4.69, 9.17) is 5.11 Å². The normalized spacial score (nSPS) is 40.9. The molecule has 0 radical (unpaired) electrons. The summed E-state index contributed by atoms with van der Waals surface area (Å²) in [5.74, 6) is -0.624. The van der Waals surface area contributed by atoms with Crippen LogP contribution >= 0.6 is 0 Å². The fourth-order valence-corrected chi connectivity index (χ4v) is 3.50. The predicted molar refractivity (Wildman–Crippen MR) is 56.7 cm³/mol. The number of carbonyl (C=O) groups excluding carboxylic acids is 1. The van der Waals surface area contributed by atoms with Crippen LogP contribution in [0.4, 0.5) is 0 Å². The van der Waals surface area contributed by atoms with E-state index >= 15 is 0 Å². The quantitative estimate of drug-likeness (QED) is 0.763. The standard InChI is InChI=1S/C12H17NO3/c14-11(9-3-4-10(9)12(15)16)13-6-7-1-2-8(13)5-7/h7-10H,1-6H2,(H,15,16). The van der Waals surface area contributed by atoms with Crippen molar-refractivity contribution in [3.05, 3.63) is 0 Å². The van der Waals surface area contributed by atoms with Crippen LogP contribution in [0.1, 0.15) is 32.1 Å². The summed E-state index contributed by atoms with van der Waals surface area (Å²) >= 11 is 0. The van der Waals surface area contributed by atoms with Gasteiger partial charge in [0, 0.05) is 12.6 Å². The van der Waals surface area contributed by atoms with Gasteiger partial charge in [0.05, 0.1) is 11.8 Å². The van der Waals surface area contributed by atoms with Crippen LogP contribution < -0.4 is 0 Å². The van der Waals surface area contributed by atoms with E-state index in [0.717, 1.165) is 25.8 Å². The number of carboxylic acids is 1. The largest absolute Gasteiger partial charge is 0.481 e. The molecule has 0 aromatic carbocycles. The topological polar surface area (TPSA) is 57.6 Å². The minimum Gasteiger partial charge on any atom is -0.481 e. The van der Waals surface area contributed by atoms with Gasteiger partial charge in [-0.1, -0.05) is 0 Å². The highest BCUT2D eigenvalue weighted by Crippen LogP contribution is 2.42. The Morgan fingerprint density at radius 2 is 1.81 bits per heavy atom. The summed E-state index contributed by atoms with van der Waals surface area (Å²) in [6.07, 6.45) is 4.97. The van der Waals surface area contributed by atoms with E-state index in [1.165, 1.54) is 6.42 Å². The molecule has 88 valence electrons. The van der Waals surface area contributed by atoms with E-state index in [0.29, 0.717) is 18.4 Å². The van der Waals surface area contributed by atoms with Crippen LogP contribution in [0, 0.1) is 17.8 Å². The molecule has 0 aromatic rings. The van der Waals surface area contributed by atoms with Crippen molar-refractivity contribution in [1.29, 1.82) is 0 Å². The zero-order valence-corrected chi connectivity index (χ0v) is 9.26. The van der Waals surface area contributed by atoms with Crippen LogP contribution in [0.5, 0.6) is 0 Å². The minimum atomic E-state index is -0.797. The van der Waals surface area contributed by atoms with Gasteiger partial charge in [-0.25, -0.2) is 0 Å². The van der Waals surface area contributed by atoms with Crippen molar-refractivity contribution in [3.63, 3.8) is 0 Å². The molecule has 3 fully saturated rings. The van der Waals surface area contributed by atoms with Crippen LogP contribution in [0.25, 0.3) is 0 Å². The summed E-state index contributed by atoms with van der Waals surface area (Å²) in [4.78, 5) is 25.1. The van der Waals surface area contributed by atoms with Crippen molar-refractivity contribution >= 4 is 11.9 Å². The van der Waals surface area contributed by atoms with Gasteiger partial charge in [0.1, 0.15) is 0 Å². The van der Waals surface area contributed by atoms with Crippen LogP contribution in [-0.4, -0.2) is 34.5 Å². The zero-order valence-electron chi connectivity index (χ0n) is 9.26. The number of hydrogen-bond acceptors (Lipinski definition) is 2. The van der Waals surface area contributed by atoms with Gasteiger partial charge < -0.3 is 10.0 Å². The highest BCUT2D eigenvalue weighted by Gasteiger charge is 2.48. The Morgan fingerprint density at radius 1 is 1.06 bits per heavy atom. The Kier molecular flexibility index (Phi) is 2.19. The number of fused-ring (bicyclic) bond motifs is 2. The highest BCUT2D eigenvalue weighted by molar-refractivity contribution is 5.86. The fourth-order valence-electron chi connectivity index (χ4n) is 3.50. The monoisotopic (exact) mass is 223 g/mol. The third kappa shape index (κ3) is 1.35. The third-order valence-corrected chi connectivity index (χ3v) is 4.60. The average Bonchev–Trinajstić information content (AvgIpc) is 2.75. The second-order valence-corrected chi connectivity index (χ2v) is 5.45. The molecule has 4 unspecified atom stereocenters. The molecule has 0 spiro atoms. The van der Waals surface area contributed by atoms with Crippen molar-refractivity contribution in [2.24, 2.45) is 17.8 Å². The molecule has 2 aliphatic carbocycles. The van der Waals surface area contributed by atoms with Gasteiger partial charge in [0.25, 0.3) is 0 Å². The number of aliphatic carboxylic acids is 1. The summed E-state index contributed by atoms with van der Waals surface area (Å²) in [5, 5.41) is 8.96. The van der Waals surface area contributed by atoms with Crippen LogP contribution in [0.15, 0.2) is 0 Å². The molecule has 3 aliphatic rings. The lowest BCUT2D eigenvalue weighted by Gasteiger charge is -2.38. The van der Waals surface area contributed by atoms with Gasteiger partial charge in [0.15, 0.2) is 0 Å². The molecule has 0 aromatic heterocycles. The number of carboxylic acid groups (broad SMARTS) is 1. The zero-order chi connectivity index (χ0) is 11.3. The fraction of sp³-hybridized carbons (Fsp3) is 0.833. The molecule has 2 bridgehead atoms. The van der Waals surface area contributed by atoms with Crippen molar-refractivity contribution in [2.45, 2.75) is 38.1 Å². The molecule has 4 heteroatoms. The average molecular weight is 223 g/mol. The molecule has 4 atom stereocenters. The number of piperidine rings is 1. The van der Waals surface area contributed by atoms with E-state index < -0.39 is 11.9 Å². The van der Waals surface area contributed by atoms with Gasteiger partial charge in [-0.05, 0) is 38.0 Å². The smallest absolute Gasteiger partial charge is 0.307 e. The van der Waals surface area contributed by atoms with Crippen molar-refractivity contribution in [1.82, 2.24) is 4.90 Å². The maximum absolute atomic E-state index is 12.2. The second kappa shape index (κ2) is 3.47. The molecule has 3 rings (SSSR count). The molecule has 1 amide bonds. The maximum Gasteiger partial charge on any atom is 0.307 e. The Labute approximate surface area is 94.6 Å². The lowest BCUT2D eigenvalue weighted by Crippen LogP contribution is -2.48. The summed E-state index contributed by atoms with van der Waals surface area (Å²) in [7, 11) is 0. The molecule has 4 nitrogen and oxygen atoms in total. The van der Waals surface area contributed by atoms with Gasteiger partial charge >= 0.3 is 5.97 Å². The Balaban J connectivity index is 1.67. The summed E-state index contributed by atoms with van der Waals surface area (Å²) in [5.41, 5.74) is 0. The number of likely N-dealkylation sites (tertiary alicyclic amines) is 1. The first-order chi connectivity index (χ1) is 7.66. The SMILES string of the molecule is O=C(O)C1CCC1C(=O)N1CC2CCC1C2. The van der Waals surface area contributed by atoms with Crippen LogP contribution in [-0.2, 0) is 9.59 Å². The third-order valence-electron chi connectivity index (χ3n) is 4.60. The molecular formula is C12H17NO3. The van der Waals surface area contributed by atoms with E-state index in [1.807, 2.05) is 4.90 Å². The van der Waals surface area contributed by atoms with E-state index in [1.54, 1.807) is 0 Å². The van der Waals surface area contributed by atoms with Crippen molar-refractivity contribution in [3.8, 4) is 0 Å². The van der Waals surface area contributed by atoms with E-state index in [-0.39, 0.29) is 11.8 Å². The summed E-state index contributed by atoms with van der Waals surface area (Å²) < 4.78 is 0. The van der Waals surface area contributed by atoms with Crippen LogP contribution in [0.3, 0.4) is 0 Å². The molecule has 1 saturated heterocycles. The predicted octanol–water partition coefficient (Wildman–Crippen LogP) is 1.11. The summed E-state index contributed by atoms with van der Waals surface area (Å²) in [6.45, 7) is 0.881. The first-order valence-corrected chi connectivity index (χ1v) is 6.20. The van der Waals surface area contributed by atoms with Gasteiger partial charge in [-0.3, -0.25) is 9.59 Å². The van der Waals surface area contributed by atoms with Gasteiger partial charge in [-0.2, -0.15) is 0 Å². The van der Waals surface area contributed by atoms with E-state index in [9.17, 15) is 9.59 Å². The number of rotatable bonds is 2. The number of carbonyl (C=O) groups is 2. The van der Waals surface area contributed by atoms with Gasteiger partial charge in [0.2, 0.25) is 5.91 Å². The summed E-state index contributed by atoms with van der Waals surface area (Å²) in [6, 6.07) is 0.424. The first-order valence-electron chi connectivity index (χ1n) is 6.20. The minimum absolute atomic E-state index is 0.117. The van der Waals surface area contributed by atoms with Crippen LogP contribution in [0.2, 0.25) is 0 Å². The Morgan fingerprint density at radius 3 is 2.25 bits per heavy atom.